The highest BCUT2D eigenvalue weighted by molar-refractivity contribution is 7.98. The monoisotopic (exact) mass is 303 g/mol. The quantitative estimate of drug-likeness (QED) is 0.735. The number of benzene rings is 2. The number of nitriles is 1. The van der Waals surface area contributed by atoms with Crippen LogP contribution >= 0.6 is 23.4 Å². The summed E-state index contributed by atoms with van der Waals surface area (Å²) in [6, 6.07) is 17.2. The van der Waals surface area contributed by atoms with Crippen LogP contribution in [-0.2, 0) is 5.75 Å². The second-order valence-electron chi connectivity index (χ2n) is 4.17. The van der Waals surface area contributed by atoms with Crippen molar-refractivity contribution in [3.8, 4) is 11.8 Å². The van der Waals surface area contributed by atoms with Crippen molar-refractivity contribution in [2.75, 3.05) is 12.4 Å². The maximum absolute atomic E-state index is 8.80. The molecule has 2 rings (SSSR count). The fourth-order valence-electron chi connectivity index (χ4n) is 1.64. The summed E-state index contributed by atoms with van der Waals surface area (Å²) in [7, 11) is 0. The first kappa shape index (κ1) is 14.8. The fourth-order valence-corrected chi connectivity index (χ4v) is 2.54. The average Bonchev–Trinajstić information content (AvgIpc) is 2.49. The lowest BCUT2D eigenvalue weighted by Crippen LogP contribution is -2.00. The van der Waals surface area contributed by atoms with E-state index in [4.69, 9.17) is 21.6 Å². The molecular formula is C16H14ClNOS. The SMILES string of the molecule is N#Cc1cccc(OCCSCc2ccc(Cl)cc2)c1. The summed E-state index contributed by atoms with van der Waals surface area (Å²) in [5.74, 6) is 2.59. The molecule has 0 aliphatic heterocycles. The van der Waals surface area contributed by atoms with E-state index >= 15 is 0 Å². The van der Waals surface area contributed by atoms with Gasteiger partial charge in [0, 0.05) is 16.5 Å². The van der Waals surface area contributed by atoms with Crippen LogP contribution in [0.15, 0.2) is 48.5 Å². The Kier molecular flexibility index (Phi) is 5.79. The van der Waals surface area contributed by atoms with Gasteiger partial charge in [0.1, 0.15) is 5.75 Å². The van der Waals surface area contributed by atoms with Gasteiger partial charge >= 0.3 is 0 Å². The first-order chi connectivity index (χ1) is 9.78. The molecule has 2 nitrogen and oxygen atoms in total. The normalized spacial score (nSPS) is 10.0. The van der Waals surface area contributed by atoms with Crippen LogP contribution in [0.1, 0.15) is 11.1 Å². The first-order valence-electron chi connectivity index (χ1n) is 6.23. The molecule has 0 aliphatic carbocycles. The van der Waals surface area contributed by atoms with Crippen LogP contribution < -0.4 is 4.74 Å². The standard InChI is InChI=1S/C16H14ClNOS/c17-15-6-4-13(5-7-15)12-20-9-8-19-16-3-1-2-14(10-16)11-18/h1-7,10H,8-9,12H2. The highest BCUT2D eigenvalue weighted by Crippen LogP contribution is 2.16. The molecular weight excluding hydrogens is 290 g/mol. The molecule has 0 amide bonds. The molecule has 0 N–H and O–H groups in total. The van der Waals surface area contributed by atoms with Crippen LogP contribution in [0.3, 0.4) is 0 Å². The molecule has 0 unspecified atom stereocenters. The molecule has 102 valence electrons. The molecule has 0 aliphatic rings. The van der Waals surface area contributed by atoms with Crippen molar-refractivity contribution >= 4 is 23.4 Å². The summed E-state index contributed by atoms with van der Waals surface area (Å²) in [5.41, 5.74) is 1.88. The third-order valence-corrected chi connectivity index (χ3v) is 3.89. The van der Waals surface area contributed by atoms with Crippen LogP contribution in [0.2, 0.25) is 5.02 Å². The van der Waals surface area contributed by atoms with E-state index in [0.29, 0.717) is 12.2 Å². The lowest BCUT2D eigenvalue weighted by atomic mass is 10.2. The van der Waals surface area contributed by atoms with E-state index in [1.807, 2.05) is 48.2 Å². The highest BCUT2D eigenvalue weighted by Gasteiger charge is 1.97. The Balaban J connectivity index is 1.69. The van der Waals surface area contributed by atoms with E-state index in [1.165, 1.54) is 5.56 Å². The van der Waals surface area contributed by atoms with E-state index < -0.39 is 0 Å². The Morgan fingerprint density at radius 2 is 1.95 bits per heavy atom. The van der Waals surface area contributed by atoms with Crippen molar-refractivity contribution in [1.82, 2.24) is 0 Å². The number of halogens is 1. The van der Waals surface area contributed by atoms with Crippen LogP contribution in [0.25, 0.3) is 0 Å². The van der Waals surface area contributed by atoms with Crippen molar-refractivity contribution in [2.24, 2.45) is 0 Å². The maximum Gasteiger partial charge on any atom is 0.120 e. The van der Waals surface area contributed by atoms with E-state index in [1.54, 1.807) is 12.1 Å². The largest absolute Gasteiger partial charge is 0.493 e. The van der Waals surface area contributed by atoms with Gasteiger partial charge in [0.2, 0.25) is 0 Å². The third-order valence-electron chi connectivity index (χ3n) is 2.64. The molecule has 0 bridgehead atoms. The minimum absolute atomic E-state index is 0.622. The zero-order valence-corrected chi connectivity index (χ0v) is 12.5. The number of hydrogen-bond donors (Lipinski definition) is 0. The third kappa shape index (κ3) is 4.80. The number of hydrogen-bond acceptors (Lipinski definition) is 3. The second-order valence-corrected chi connectivity index (χ2v) is 5.71. The van der Waals surface area contributed by atoms with Gasteiger partial charge in [-0.2, -0.15) is 17.0 Å². The van der Waals surface area contributed by atoms with E-state index in [2.05, 4.69) is 6.07 Å². The lowest BCUT2D eigenvalue weighted by molar-refractivity contribution is 0.344. The van der Waals surface area contributed by atoms with Crippen LogP contribution in [0.5, 0.6) is 5.75 Å². The minimum atomic E-state index is 0.622. The Bertz CT molecular complexity index is 592. The van der Waals surface area contributed by atoms with Gasteiger partial charge in [-0.05, 0) is 35.9 Å². The molecule has 0 radical (unpaired) electrons. The van der Waals surface area contributed by atoms with E-state index in [9.17, 15) is 0 Å². The van der Waals surface area contributed by atoms with Crippen molar-refractivity contribution in [2.45, 2.75) is 5.75 Å². The van der Waals surface area contributed by atoms with Gasteiger partial charge in [-0.3, -0.25) is 0 Å². The number of nitrogens with zero attached hydrogens (tertiary/aromatic N) is 1. The highest BCUT2D eigenvalue weighted by atomic mass is 35.5. The summed E-state index contributed by atoms with van der Waals surface area (Å²) < 4.78 is 5.61. The molecule has 4 heteroatoms. The molecule has 0 saturated carbocycles. The molecule has 2 aromatic carbocycles. The Morgan fingerprint density at radius 3 is 2.70 bits per heavy atom. The Labute approximate surface area is 128 Å². The molecule has 0 heterocycles. The second kappa shape index (κ2) is 7.84. The Morgan fingerprint density at radius 1 is 1.15 bits per heavy atom. The number of thioether (sulfide) groups is 1. The zero-order chi connectivity index (χ0) is 14.2. The maximum atomic E-state index is 8.80. The molecule has 0 spiro atoms. The van der Waals surface area contributed by atoms with Crippen molar-refractivity contribution in [3.63, 3.8) is 0 Å². The van der Waals surface area contributed by atoms with Gasteiger partial charge in [-0.15, -0.1) is 0 Å². The summed E-state index contributed by atoms with van der Waals surface area (Å²) in [6.07, 6.45) is 0. The van der Waals surface area contributed by atoms with E-state index in [-0.39, 0.29) is 0 Å². The molecule has 2 aromatic rings. The van der Waals surface area contributed by atoms with Crippen molar-refractivity contribution in [1.29, 1.82) is 5.26 Å². The lowest BCUT2D eigenvalue weighted by Gasteiger charge is -2.06. The number of ether oxygens (including phenoxy) is 1. The van der Waals surface area contributed by atoms with Gasteiger partial charge in [-0.1, -0.05) is 29.8 Å². The molecule has 0 atom stereocenters. The first-order valence-corrected chi connectivity index (χ1v) is 7.76. The van der Waals surface area contributed by atoms with Crippen LogP contribution in [0.4, 0.5) is 0 Å². The van der Waals surface area contributed by atoms with Gasteiger partial charge in [0.05, 0.1) is 18.2 Å². The van der Waals surface area contributed by atoms with E-state index in [0.717, 1.165) is 22.3 Å². The van der Waals surface area contributed by atoms with Gasteiger partial charge in [-0.25, -0.2) is 0 Å². The predicted octanol–water partition coefficient (Wildman–Crippen LogP) is 4.52. The smallest absolute Gasteiger partial charge is 0.120 e. The number of rotatable bonds is 6. The predicted molar refractivity (Wildman–Crippen MR) is 84.3 cm³/mol. The van der Waals surface area contributed by atoms with Crippen molar-refractivity contribution in [3.05, 3.63) is 64.7 Å². The minimum Gasteiger partial charge on any atom is -0.493 e. The topological polar surface area (TPSA) is 33.0 Å². The van der Waals surface area contributed by atoms with Gasteiger partial charge in [0.25, 0.3) is 0 Å². The Hall–Kier alpha value is -1.63. The molecule has 20 heavy (non-hydrogen) atoms. The molecule has 0 saturated heterocycles. The average molecular weight is 304 g/mol. The molecule has 0 fully saturated rings. The molecule has 0 aromatic heterocycles. The van der Waals surface area contributed by atoms with Crippen LogP contribution in [-0.4, -0.2) is 12.4 Å². The summed E-state index contributed by atoms with van der Waals surface area (Å²) in [6.45, 7) is 0.632. The van der Waals surface area contributed by atoms with Gasteiger partial charge < -0.3 is 4.74 Å². The fraction of sp³-hybridized carbons (Fsp3) is 0.188. The zero-order valence-electron chi connectivity index (χ0n) is 10.9. The summed E-state index contributed by atoms with van der Waals surface area (Å²) in [5, 5.41) is 9.56. The van der Waals surface area contributed by atoms with Crippen LogP contribution in [0, 0.1) is 11.3 Å². The summed E-state index contributed by atoms with van der Waals surface area (Å²) >= 11 is 7.65. The summed E-state index contributed by atoms with van der Waals surface area (Å²) in [4.78, 5) is 0. The van der Waals surface area contributed by atoms with Crippen molar-refractivity contribution < 1.29 is 4.74 Å². The van der Waals surface area contributed by atoms with Gasteiger partial charge in [0.15, 0.2) is 0 Å².